The topological polar surface area (TPSA) is 65.0 Å². The van der Waals surface area contributed by atoms with Crippen LogP contribution in [0.5, 0.6) is 0 Å². The highest BCUT2D eigenvalue weighted by Gasteiger charge is 2.20. The van der Waals surface area contributed by atoms with Gasteiger partial charge >= 0.3 is 0 Å². The van der Waals surface area contributed by atoms with Gasteiger partial charge in [0.2, 0.25) is 0 Å². The second-order valence-corrected chi connectivity index (χ2v) is 10.4. The molecule has 42 heavy (non-hydrogen) atoms. The van der Waals surface area contributed by atoms with E-state index in [4.69, 9.17) is 13.8 Å². The average Bonchev–Trinajstić information content (AvgIpc) is 3.63. The second-order valence-electron chi connectivity index (χ2n) is 10.4. The predicted molar refractivity (Wildman–Crippen MR) is 168 cm³/mol. The van der Waals surface area contributed by atoms with Crippen molar-refractivity contribution in [3.05, 3.63) is 128 Å². The Morgan fingerprint density at radius 1 is 0.405 bits per heavy atom. The molecule has 0 aliphatic heterocycles. The Morgan fingerprint density at radius 3 is 2.12 bits per heavy atom. The molecule has 0 fully saturated rings. The van der Waals surface area contributed by atoms with Crippen molar-refractivity contribution < 1.29 is 8.83 Å². The van der Waals surface area contributed by atoms with Crippen LogP contribution in [0.2, 0.25) is 0 Å². The third-order valence-corrected chi connectivity index (χ3v) is 8.06. The third-order valence-electron chi connectivity index (χ3n) is 8.06. The van der Waals surface area contributed by atoms with E-state index in [2.05, 4.69) is 76.7 Å². The molecule has 0 unspecified atom stereocenters. The molecule has 0 radical (unpaired) electrons. The Bertz CT molecular complexity index is 2480. The maximum Gasteiger partial charge on any atom is 0.161 e. The van der Waals surface area contributed by atoms with Crippen LogP contribution in [0, 0.1) is 0 Å². The van der Waals surface area contributed by atoms with Crippen molar-refractivity contribution in [1.29, 1.82) is 0 Å². The van der Waals surface area contributed by atoms with Gasteiger partial charge in [0.1, 0.15) is 22.2 Å². The summed E-state index contributed by atoms with van der Waals surface area (Å²) in [6, 6.07) is 37.2. The van der Waals surface area contributed by atoms with Crippen LogP contribution in [0.1, 0.15) is 0 Å². The van der Waals surface area contributed by atoms with Crippen LogP contribution in [-0.4, -0.2) is 15.0 Å². The lowest BCUT2D eigenvalue weighted by atomic mass is 9.89. The molecule has 0 N–H and O–H groups in total. The van der Waals surface area contributed by atoms with E-state index in [0.717, 1.165) is 88.4 Å². The van der Waals surface area contributed by atoms with Gasteiger partial charge in [-0.15, -0.1) is 0 Å². The van der Waals surface area contributed by atoms with Crippen molar-refractivity contribution in [2.24, 2.45) is 0 Å². The molecule has 5 heterocycles. The van der Waals surface area contributed by atoms with Crippen molar-refractivity contribution in [2.45, 2.75) is 0 Å². The minimum atomic E-state index is 0.772. The maximum absolute atomic E-state index is 6.42. The van der Waals surface area contributed by atoms with Crippen LogP contribution in [0.15, 0.2) is 137 Å². The summed E-state index contributed by atoms with van der Waals surface area (Å²) in [5, 5.41) is 3.09. The first kappa shape index (κ1) is 22.9. The minimum absolute atomic E-state index is 0.772. The number of para-hydroxylation sites is 3. The molecule has 0 amide bonds. The number of fused-ring (bicyclic) bond motifs is 7. The Kier molecular flexibility index (Phi) is 4.83. The van der Waals surface area contributed by atoms with Gasteiger partial charge in [0, 0.05) is 51.4 Å². The highest BCUT2D eigenvalue weighted by molar-refractivity contribution is 6.11. The van der Waals surface area contributed by atoms with Crippen molar-refractivity contribution >= 4 is 55.0 Å². The Balaban J connectivity index is 1.36. The summed E-state index contributed by atoms with van der Waals surface area (Å²) in [5.74, 6) is 0. The van der Waals surface area contributed by atoms with Crippen LogP contribution < -0.4 is 0 Å². The maximum atomic E-state index is 6.42. The lowest BCUT2D eigenvalue weighted by molar-refractivity contribution is 0.668. The summed E-state index contributed by atoms with van der Waals surface area (Å²) in [6.07, 6.45) is 5.51. The van der Waals surface area contributed by atoms with Crippen molar-refractivity contribution in [1.82, 2.24) is 15.0 Å². The van der Waals surface area contributed by atoms with E-state index < -0.39 is 0 Å². The molecule has 5 nitrogen and oxygen atoms in total. The lowest BCUT2D eigenvalue weighted by Gasteiger charge is -2.15. The third kappa shape index (κ3) is 3.34. The quantitative estimate of drug-likeness (QED) is 0.224. The first-order valence-electron chi connectivity index (χ1n) is 13.8. The van der Waals surface area contributed by atoms with Crippen LogP contribution in [-0.2, 0) is 0 Å². The van der Waals surface area contributed by atoms with Gasteiger partial charge in [-0.3, -0.25) is 15.0 Å². The molecule has 0 spiro atoms. The molecule has 0 aliphatic carbocycles. The number of pyridine rings is 3. The number of rotatable bonds is 3. The predicted octanol–water partition coefficient (Wildman–Crippen LogP) is 9.82. The molecule has 0 saturated heterocycles. The van der Waals surface area contributed by atoms with Gasteiger partial charge in [-0.2, -0.15) is 0 Å². The molecule has 0 bridgehead atoms. The summed E-state index contributed by atoms with van der Waals surface area (Å²) >= 11 is 0. The van der Waals surface area contributed by atoms with E-state index in [1.54, 1.807) is 6.20 Å². The number of hydrogen-bond acceptors (Lipinski definition) is 5. The minimum Gasteiger partial charge on any atom is -0.454 e. The van der Waals surface area contributed by atoms with Gasteiger partial charge < -0.3 is 8.83 Å². The van der Waals surface area contributed by atoms with Gasteiger partial charge in [0.05, 0.1) is 5.52 Å². The number of nitrogens with zero attached hydrogens (tertiary/aromatic N) is 3. The fourth-order valence-corrected chi connectivity index (χ4v) is 6.15. The van der Waals surface area contributed by atoms with Crippen LogP contribution >= 0.6 is 0 Å². The summed E-state index contributed by atoms with van der Waals surface area (Å²) in [6.45, 7) is 0. The summed E-state index contributed by atoms with van der Waals surface area (Å²) < 4.78 is 12.8. The average molecular weight is 540 g/mol. The van der Waals surface area contributed by atoms with Gasteiger partial charge in [-0.1, -0.05) is 60.7 Å². The normalized spacial score (nSPS) is 11.8. The fourth-order valence-electron chi connectivity index (χ4n) is 6.15. The van der Waals surface area contributed by atoms with Gasteiger partial charge in [-0.05, 0) is 65.2 Å². The fraction of sp³-hybridized carbons (Fsp3) is 0. The van der Waals surface area contributed by atoms with E-state index >= 15 is 0 Å². The molecule has 9 rings (SSSR count). The Hall–Kier alpha value is -5.81. The Morgan fingerprint density at radius 2 is 1.14 bits per heavy atom. The molecule has 5 aromatic heterocycles. The molecule has 4 aromatic carbocycles. The standard InChI is InChI=1S/C37H21N3O2/c1-2-13-31-28(9-1)35-37(41-31)24(17-20-40-35)23-15-16-25(30(21-23)26-10-3-7-22-8-5-18-38-33(22)26)27-11-4-12-29-34-32(42-36(27)29)14-6-19-39-34/h1-21H. The SMILES string of the molecule is c1cnc2c(-c3cc(-c4ccnc5c4oc4ccccc45)ccc3-c3cccc4c3oc3cccnc34)cccc2c1. The van der Waals surface area contributed by atoms with E-state index in [-0.39, 0.29) is 0 Å². The zero-order valence-electron chi connectivity index (χ0n) is 22.3. The zero-order chi connectivity index (χ0) is 27.6. The summed E-state index contributed by atoms with van der Waals surface area (Å²) in [7, 11) is 0. The number of furan rings is 2. The van der Waals surface area contributed by atoms with E-state index in [1.165, 1.54) is 0 Å². The molecule has 0 aliphatic rings. The smallest absolute Gasteiger partial charge is 0.161 e. The molecular formula is C37H21N3O2. The molecular weight excluding hydrogens is 518 g/mol. The van der Waals surface area contributed by atoms with Crippen molar-refractivity contribution in [3.63, 3.8) is 0 Å². The zero-order valence-corrected chi connectivity index (χ0v) is 22.3. The van der Waals surface area contributed by atoms with Crippen LogP contribution in [0.25, 0.3) is 88.4 Å². The highest BCUT2D eigenvalue weighted by atomic mass is 16.3. The second kappa shape index (κ2) is 8.85. The lowest BCUT2D eigenvalue weighted by Crippen LogP contribution is -1.91. The number of hydrogen-bond donors (Lipinski definition) is 0. The van der Waals surface area contributed by atoms with Gasteiger partial charge in [-0.25, -0.2) is 0 Å². The molecule has 196 valence electrons. The van der Waals surface area contributed by atoms with Gasteiger partial charge in [0.15, 0.2) is 11.2 Å². The van der Waals surface area contributed by atoms with Crippen molar-refractivity contribution in [2.75, 3.05) is 0 Å². The number of benzene rings is 4. The van der Waals surface area contributed by atoms with Gasteiger partial charge in [0.25, 0.3) is 0 Å². The first-order valence-corrected chi connectivity index (χ1v) is 13.8. The van der Waals surface area contributed by atoms with Crippen molar-refractivity contribution in [3.8, 4) is 33.4 Å². The van der Waals surface area contributed by atoms with Crippen LogP contribution in [0.4, 0.5) is 0 Å². The monoisotopic (exact) mass is 539 g/mol. The highest BCUT2D eigenvalue weighted by Crippen LogP contribution is 2.43. The van der Waals surface area contributed by atoms with E-state index in [1.807, 2.05) is 54.9 Å². The number of aromatic nitrogens is 3. The molecule has 0 saturated carbocycles. The molecule has 5 heteroatoms. The molecule has 9 aromatic rings. The largest absolute Gasteiger partial charge is 0.454 e. The van der Waals surface area contributed by atoms with E-state index in [9.17, 15) is 0 Å². The van der Waals surface area contributed by atoms with E-state index in [0.29, 0.717) is 0 Å². The Labute approximate surface area is 239 Å². The molecule has 0 atom stereocenters. The first-order chi connectivity index (χ1) is 20.8. The van der Waals surface area contributed by atoms with Crippen LogP contribution in [0.3, 0.4) is 0 Å². The summed E-state index contributed by atoms with van der Waals surface area (Å²) in [4.78, 5) is 14.1. The summed E-state index contributed by atoms with van der Waals surface area (Å²) in [5.41, 5.74) is 12.0.